The molecule has 1 aromatic carbocycles. The number of benzene rings is 1. The predicted octanol–water partition coefficient (Wildman–Crippen LogP) is 2.38. The van der Waals surface area contributed by atoms with E-state index < -0.39 is 11.5 Å². The van der Waals surface area contributed by atoms with Gasteiger partial charge in [0.15, 0.2) is 0 Å². The van der Waals surface area contributed by atoms with E-state index in [1.165, 1.54) is 4.57 Å². The van der Waals surface area contributed by atoms with Crippen molar-refractivity contribution in [2.45, 2.75) is 46.1 Å². The Hall–Kier alpha value is -3.42. The number of carbonyl (C=O) groups is 1. The third-order valence-electron chi connectivity index (χ3n) is 5.81. The Balaban J connectivity index is 1.60. The molecule has 4 rings (SSSR count). The number of nitrogens with zero attached hydrogens (tertiary/aromatic N) is 2. The Morgan fingerprint density at radius 2 is 2.07 bits per heavy atom. The van der Waals surface area contributed by atoms with Crippen molar-refractivity contribution in [2.75, 3.05) is 5.43 Å². The molecule has 2 heterocycles. The van der Waals surface area contributed by atoms with Crippen molar-refractivity contribution in [1.82, 2.24) is 20.0 Å². The highest BCUT2D eigenvalue weighted by Gasteiger charge is 2.21. The van der Waals surface area contributed by atoms with Crippen LogP contribution in [0.3, 0.4) is 0 Å². The van der Waals surface area contributed by atoms with Gasteiger partial charge < -0.3 is 4.98 Å². The molecule has 30 heavy (non-hydrogen) atoms. The van der Waals surface area contributed by atoms with Crippen molar-refractivity contribution < 1.29 is 4.79 Å². The van der Waals surface area contributed by atoms with Crippen molar-refractivity contribution in [3.63, 3.8) is 0 Å². The molecule has 3 aromatic rings. The van der Waals surface area contributed by atoms with Crippen LogP contribution in [0, 0.1) is 5.92 Å². The number of rotatable bonds is 5. The van der Waals surface area contributed by atoms with E-state index in [9.17, 15) is 14.4 Å². The van der Waals surface area contributed by atoms with Crippen LogP contribution in [0.1, 0.15) is 48.3 Å². The molecule has 156 valence electrons. The highest BCUT2D eigenvalue weighted by atomic mass is 16.2. The van der Waals surface area contributed by atoms with Crippen LogP contribution < -0.4 is 22.0 Å². The molecule has 3 N–H and O–H groups in total. The number of hydrazine groups is 1. The Labute approximate surface area is 173 Å². The van der Waals surface area contributed by atoms with E-state index in [4.69, 9.17) is 0 Å². The van der Waals surface area contributed by atoms with Gasteiger partial charge in [-0.3, -0.25) is 29.8 Å². The fourth-order valence-electron chi connectivity index (χ4n) is 4.03. The van der Waals surface area contributed by atoms with Crippen molar-refractivity contribution in [2.24, 2.45) is 5.92 Å². The second-order valence-corrected chi connectivity index (χ2v) is 7.61. The predicted molar refractivity (Wildman–Crippen MR) is 116 cm³/mol. The molecule has 0 saturated heterocycles. The minimum atomic E-state index is -0.567. The molecular formula is C22H25N5O3. The number of hydrogen-bond acceptors (Lipinski definition) is 5. The molecule has 0 radical (unpaired) electrons. The van der Waals surface area contributed by atoms with Crippen LogP contribution in [-0.2, 0) is 19.4 Å². The zero-order valence-corrected chi connectivity index (χ0v) is 17.1. The molecule has 8 heteroatoms. The van der Waals surface area contributed by atoms with Gasteiger partial charge in [-0.25, -0.2) is 4.98 Å². The van der Waals surface area contributed by atoms with Gasteiger partial charge in [-0.15, -0.1) is 0 Å². The maximum atomic E-state index is 12.7. The third kappa shape index (κ3) is 3.60. The Morgan fingerprint density at radius 3 is 2.83 bits per heavy atom. The molecule has 1 aliphatic rings. The number of aromatic amines is 1. The van der Waals surface area contributed by atoms with E-state index in [2.05, 4.69) is 27.7 Å². The van der Waals surface area contributed by atoms with Crippen molar-refractivity contribution in [3.05, 3.63) is 67.9 Å². The molecule has 2 aromatic heterocycles. The number of pyridine rings is 1. The summed E-state index contributed by atoms with van der Waals surface area (Å²) in [5.74, 6) is 0.218. The van der Waals surface area contributed by atoms with Gasteiger partial charge in [-0.2, -0.15) is 0 Å². The van der Waals surface area contributed by atoms with Gasteiger partial charge in [0.1, 0.15) is 5.56 Å². The third-order valence-corrected chi connectivity index (χ3v) is 5.81. The monoisotopic (exact) mass is 407 g/mol. The highest BCUT2D eigenvalue weighted by molar-refractivity contribution is 5.94. The lowest BCUT2D eigenvalue weighted by molar-refractivity contribution is 0.0960. The summed E-state index contributed by atoms with van der Waals surface area (Å²) in [5.41, 5.74) is 7.15. The molecule has 1 aliphatic carbocycles. The van der Waals surface area contributed by atoms with E-state index in [0.717, 1.165) is 36.9 Å². The van der Waals surface area contributed by atoms with Crippen molar-refractivity contribution in [3.8, 4) is 0 Å². The molecule has 0 spiro atoms. The molecule has 0 saturated carbocycles. The van der Waals surface area contributed by atoms with Gasteiger partial charge in [-0.1, -0.05) is 25.5 Å². The van der Waals surface area contributed by atoms with E-state index in [-0.39, 0.29) is 17.1 Å². The maximum absolute atomic E-state index is 12.7. The molecule has 0 bridgehead atoms. The lowest BCUT2D eigenvalue weighted by atomic mass is 9.84. The number of anilines is 1. The number of amides is 1. The van der Waals surface area contributed by atoms with Gasteiger partial charge >= 0.3 is 0 Å². The van der Waals surface area contributed by atoms with Crippen LogP contribution >= 0.6 is 0 Å². The molecule has 1 amide bonds. The van der Waals surface area contributed by atoms with Crippen molar-refractivity contribution in [1.29, 1.82) is 0 Å². The van der Waals surface area contributed by atoms with Gasteiger partial charge in [0.2, 0.25) is 5.95 Å². The van der Waals surface area contributed by atoms with Crippen LogP contribution in [0.5, 0.6) is 0 Å². The fraction of sp³-hybridized carbons (Fsp3) is 0.364. The summed E-state index contributed by atoms with van der Waals surface area (Å²) >= 11 is 0. The lowest BCUT2D eigenvalue weighted by Gasteiger charge is -2.23. The summed E-state index contributed by atoms with van der Waals surface area (Å²) in [6, 6.07) is 8.72. The zero-order chi connectivity index (χ0) is 21.3. The lowest BCUT2D eigenvalue weighted by Crippen LogP contribution is -2.37. The number of H-pyrrole nitrogens is 1. The number of hydrogen-bond donors (Lipinski definition) is 3. The number of aryl methyl sites for hydroxylation is 1. The molecule has 1 unspecified atom stereocenters. The van der Waals surface area contributed by atoms with E-state index in [0.29, 0.717) is 23.4 Å². The molecule has 0 fully saturated rings. The van der Waals surface area contributed by atoms with E-state index in [1.54, 1.807) is 30.3 Å². The number of nitrogens with one attached hydrogen (secondary N) is 3. The standard InChI is InChI=1S/C22H25N5O3/c1-3-13-9-10-17-14(11-13)12-16(19(28)23-17)20(29)25-26-22-24-18-8-6-5-7-15(18)21(30)27(22)4-2/h5-8,12-13H,3-4,9-11H2,1-2H3,(H,23,28)(H,24,26)(H,25,29). The highest BCUT2D eigenvalue weighted by Crippen LogP contribution is 2.25. The Bertz CT molecular complexity index is 1230. The summed E-state index contributed by atoms with van der Waals surface area (Å²) in [6.07, 6.45) is 3.81. The molecular weight excluding hydrogens is 382 g/mol. The van der Waals surface area contributed by atoms with Gasteiger partial charge in [0.05, 0.1) is 10.9 Å². The molecule has 8 nitrogen and oxygen atoms in total. The second-order valence-electron chi connectivity index (χ2n) is 7.61. The minimum absolute atomic E-state index is 0.0455. The summed E-state index contributed by atoms with van der Waals surface area (Å²) < 4.78 is 1.44. The molecule has 0 aliphatic heterocycles. The fourth-order valence-corrected chi connectivity index (χ4v) is 4.03. The summed E-state index contributed by atoms with van der Waals surface area (Å²) in [7, 11) is 0. The normalized spacial score (nSPS) is 15.6. The number of carbonyl (C=O) groups excluding carboxylic acids is 1. The van der Waals surface area contributed by atoms with Gasteiger partial charge in [0.25, 0.3) is 17.0 Å². The zero-order valence-electron chi connectivity index (χ0n) is 17.1. The Kier molecular flexibility index (Phi) is 5.39. The minimum Gasteiger partial charge on any atom is -0.325 e. The average Bonchev–Trinajstić information content (AvgIpc) is 2.76. The van der Waals surface area contributed by atoms with Crippen LogP contribution in [0.25, 0.3) is 10.9 Å². The van der Waals surface area contributed by atoms with Gasteiger partial charge in [-0.05, 0) is 55.9 Å². The smallest absolute Gasteiger partial charge is 0.275 e. The first kappa shape index (κ1) is 19.9. The molecule has 1 atom stereocenters. The first-order valence-electron chi connectivity index (χ1n) is 10.3. The summed E-state index contributed by atoms with van der Waals surface area (Å²) in [6.45, 7) is 4.36. The maximum Gasteiger partial charge on any atom is 0.275 e. The SMILES string of the molecule is CCC1CCc2[nH]c(=O)c(C(=O)NNc3nc4ccccc4c(=O)n3CC)cc2C1. The number of para-hydroxylation sites is 1. The average molecular weight is 407 g/mol. The van der Waals surface area contributed by atoms with Crippen molar-refractivity contribution >= 4 is 22.8 Å². The van der Waals surface area contributed by atoms with Crippen LogP contribution in [0.15, 0.2) is 39.9 Å². The second kappa shape index (κ2) is 8.14. The summed E-state index contributed by atoms with van der Waals surface area (Å²) in [5, 5.41) is 0.507. The van der Waals surface area contributed by atoms with Crippen LogP contribution in [-0.4, -0.2) is 20.4 Å². The van der Waals surface area contributed by atoms with E-state index in [1.807, 2.05) is 6.92 Å². The topological polar surface area (TPSA) is 109 Å². The number of aromatic nitrogens is 3. The van der Waals surface area contributed by atoms with Crippen LogP contribution in [0.4, 0.5) is 5.95 Å². The van der Waals surface area contributed by atoms with Gasteiger partial charge in [0, 0.05) is 12.2 Å². The first-order valence-corrected chi connectivity index (χ1v) is 10.3. The van der Waals surface area contributed by atoms with Crippen LogP contribution in [0.2, 0.25) is 0 Å². The number of fused-ring (bicyclic) bond motifs is 2. The van der Waals surface area contributed by atoms with E-state index >= 15 is 0 Å². The Morgan fingerprint density at radius 1 is 1.27 bits per heavy atom. The summed E-state index contributed by atoms with van der Waals surface area (Å²) in [4.78, 5) is 45.1. The first-order chi connectivity index (χ1) is 14.5. The quantitative estimate of drug-likeness (QED) is 0.563. The largest absolute Gasteiger partial charge is 0.325 e.